The van der Waals surface area contributed by atoms with E-state index in [1.54, 1.807) is 24.3 Å². The van der Waals surface area contributed by atoms with Crippen LogP contribution >= 0.6 is 43.2 Å². The molecule has 0 aliphatic rings. The van der Waals surface area contributed by atoms with E-state index in [4.69, 9.17) is 4.74 Å². The Labute approximate surface area is 107 Å². The summed E-state index contributed by atoms with van der Waals surface area (Å²) in [4.78, 5) is 14.5. The summed E-state index contributed by atoms with van der Waals surface area (Å²) in [5.74, 6) is -0.316. The Hall–Kier alpha value is -0.330. The number of H-pyrrole nitrogens is 1. The molecule has 0 spiro atoms. The molecule has 0 amide bonds. The van der Waals surface area contributed by atoms with Gasteiger partial charge in [-0.05, 0) is 44.8 Å². The van der Waals surface area contributed by atoms with E-state index in [0.717, 1.165) is 18.5 Å². The number of carbonyl (C=O) groups excluding carboxylic acids is 1. The maximum atomic E-state index is 11.4. The number of rotatable bonds is 2. The van der Waals surface area contributed by atoms with Crippen molar-refractivity contribution < 1.29 is 9.53 Å². The second-order valence-electron chi connectivity index (χ2n) is 2.83. The van der Waals surface area contributed by atoms with Crippen molar-refractivity contribution in [3.8, 4) is 0 Å². The van der Waals surface area contributed by atoms with Crippen molar-refractivity contribution >= 4 is 59.4 Å². The maximum Gasteiger partial charge on any atom is 0.354 e. The number of ether oxygens (including phenoxy) is 1. The molecule has 0 aliphatic carbocycles. The quantitative estimate of drug-likeness (QED) is 0.832. The summed E-state index contributed by atoms with van der Waals surface area (Å²) < 4.78 is 7.88. The number of nitrogens with one attached hydrogen (secondary N) is 1. The first-order valence-electron chi connectivity index (χ1n) is 4.27. The van der Waals surface area contributed by atoms with Crippen LogP contribution < -0.4 is 0 Å². The molecule has 0 aliphatic heterocycles. The van der Waals surface area contributed by atoms with Gasteiger partial charge in [0, 0.05) is 0 Å². The molecule has 2 aromatic heterocycles. The fraction of sp³-hybridized carbons (Fsp3) is 0.222. The minimum absolute atomic E-state index is 0.316. The van der Waals surface area contributed by atoms with Gasteiger partial charge in [-0.2, -0.15) is 0 Å². The number of carbonyl (C=O) groups is 1. The summed E-state index contributed by atoms with van der Waals surface area (Å²) in [6, 6.07) is 1.80. The Balaban J connectivity index is 2.44. The second-order valence-corrected chi connectivity index (χ2v) is 6.00. The predicted octanol–water partition coefficient (Wildman–Crippen LogP) is 3.93. The van der Waals surface area contributed by atoms with Gasteiger partial charge < -0.3 is 9.72 Å². The van der Waals surface area contributed by atoms with Crippen LogP contribution in [-0.4, -0.2) is 17.6 Å². The van der Waals surface area contributed by atoms with E-state index >= 15 is 0 Å². The van der Waals surface area contributed by atoms with Crippen molar-refractivity contribution in [3.63, 3.8) is 0 Å². The molecule has 0 saturated carbocycles. The van der Waals surface area contributed by atoms with E-state index in [9.17, 15) is 4.79 Å². The van der Waals surface area contributed by atoms with Gasteiger partial charge in [0.25, 0.3) is 0 Å². The van der Waals surface area contributed by atoms with Gasteiger partial charge >= 0.3 is 5.97 Å². The zero-order valence-electron chi connectivity index (χ0n) is 7.77. The third kappa shape index (κ3) is 1.98. The first-order chi connectivity index (χ1) is 7.13. The Morgan fingerprint density at radius 1 is 1.60 bits per heavy atom. The van der Waals surface area contributed by atoms with Crippen molar-refractivity contribution in [1.29, 1.82) is 0 Å². The Bertz CT molecular complexity index is 517. The number of halogens is 2. The molecule has 80 valence electrons. The number of hydrogen-bond acceptors (Lipinski definition) is 3. The van der Waals surface area contributed by atoms with Gasteiger partial charge in [0.1, 0.15) is 5.69 Å². The van der Waals surface area contributed by atoms with Crippen LogP contribution in [0.3, 0.4) is 0 Å². The molecule has 0 fully saturated rings. The molecule has 3 nitrogen and oxygen atoms in total. The molecule has 0 radical (unpaired) electrons. The van der Waals surface area contributed by atoms with Gasteiger partial charge in [0.2, 0.25) is 0 Å². The third-order valence-corrected chi connectivity index (χ3v) is 5.26. The van der Waals surface area contributed by atoms with Crippen molar-refractivity contribution in [2.45, 2.75) is 6.92 Å². The molecule has 15 heavy (non-hydrogen) atoms. The fourth-order valence-electron chi connectivity index (χ4n) is 1.24. The molecule has 1 N–H and O–H groups in total. The van der Waals surface area contributed by atoms with Crippen LogP contribution in [0.5, 0.6) is 0 Å². The minimum atomic E-state index is -0.316. The standard InChI is InChI=1S/C9H7Br2NO2S/c1-2-14-9(13)4-3-5-7(12-4)6(10)8(11)15-5/h3,12H,2H2,1H3. The van der Waals surface area contributed by atoms with Gasteiger partial charge in [0.15, 0.2) is 0 Å². The maximum absolute atomic E-state index is 11.4. The SMILES string of the molecule is CCOC(=O)c1cc2sc(Br)c(Br)c2[nH]1. The number of esters is 1. The molecule has 2 aromatic rings. The molecule has 0 saturated heterocycles. The molecule has 2 heterocycles. The molecule has 2 rings (SSSR count). The minimum Gasteiger partial charge on any atom is -0.461 e. The summed E-state index contributed by atoms with van der Waals surface area (Å²) in [5.41, 5.74) is 1.42. The van der Waals surface area contributed by atoms with Gasteiger partial charge in [-0.25, -0.2) is 4.79 Å². The normalized spacial score (nSPS) is 10.9. The Morgan fingerprint density at radius 3 is 2.93 bits per heavy atom. The highest BCUT2D eigenvalue weighted by molar-refractivity contribution is 9.13. The van der Waals surface area contributed by atoms with Gasteiger partial charge in [-0.1, -0.05) is 0 Å². The predicted molar refractivity (Wildman–Crippen MR) is 67.5 cm³/mol. The lowest BCUT2D eigenvalue weighted by atomic mass is 10.4. The lowest BCUT2D eigenvalue weighted by Gasteiger charge is -1.97. The molecular weight excluding hydrogens is 346 g/mol. The average Bonchev–Trinajstić information content (AvgIpc) is 2.70. The van der Waals surface area contributed by atoms with Crippen LogP contribution in [0.15, 0.2) is 14.3 Å². The largest absolute Gasteiger partial charge is 0.461 e. The molecule has 0 atom stereocenters. The molecule has 0 aromatic carbocycles. The van der Waals surface area contributed by atoms with E-state index < -0.39 is 0 Å². The summed E-state index contributed by atoms with van der Waals surface area (Å²) in [6.45, 7) is 2.17. The smallest absolute Gasteiger partial charge is 0.354 e. The zero-order valence-corrected chi connectivity index (χ0v) is 11.8. The summed E-state index contributed by atoms with van der Waals surface area (Å²) >= 11 is 8.41. The highest BCUT2D eigenvalue weighted by Gasteiger charge is 2.15. The average molecular weight is 353 g/mol. The van der Waals surface area contributed by atoms with Crippen molar-refractivity contribution in [1.82, 2.24) is 4.98 Å². The van der Waals surface area contributed by atoms with Crippen molar-refractivity contribution in [3.05, 3.63) is 20.0 Å². The second kappa shape index (κ2) is 4.27. The Kier molecular flexibility index (Phi) is 3.18. The van der Waals surface area contributed by atoms with Crippen molar-refractivity contribution in [2.24, 2.45) is 0 Å². The lowest BCUT2D eigenvalue weighted by molar-refractivity contribution is 0.0520. The number of aromatic amines is 1. The topological polar surface area (TPSA) is 42.1 Å². The van der Waals surface area contributed by atoms with E-state index in [0.29, 0.717) is 12.3 Å². The van der Waals surface area contributed by atoms with Crippen LogP contribution in [0.4, 0.5) is 0 Å². The van der Waals surface area contributed by atoms with E-state index in [-0.39, 0.29) is 5.97 Å². The van der Waals surface area contributed by atoms with Gasteiger partial charge in [0.05, 0.1) is 25.1 Å². The first kappa shape index (κ1) is 11.2. The molecule has 0 bridgehead atoms. The van der Waals surface area contributed by atoms with Crippen LogP contribution in [0.1, 0.15) is 17.4 Å². The summed E-state index contributed by atoms with van der Waals surface area (Å²) in [6.07, 6.45) is 0. The number of thiophene rings is 1. The van der Waals surface area contributed by atoms with Gasteiger partial charge in [-0.15, -0.1) is 11.3 Å². The number of aromatic nitrogens is 1. The molecule has 0 unspecified atom stereocenters. The number of hydrogen-bond donors (Lipinski definition) is 1. The summed E-state index contributed by atoms with van der Waals surface area (Å²) in [5, 5.41) is 0. The van der Waals surface area contributed by atoms with Gasteiger partial charge in [-0.3, -0.25) is 0 Å². The zero-order chi connectivity index (χ0) is 11.0. The highest BCUT2D eigenvalue weighted by Crippen LogP contribution is 2.39. The lowest BCUT2D eigenvalue weighted by Crippen LogP contribution is -2.04. The summed E-state index contributed by atoms with van der Waals surface area (Å²) in [7, 11) is 0. The fourth-order valence-corrected chi connectivity index (χ4v) is 3.46. The first-order valence-corrected chi connectivity index (χ1v) is 6.67. The van der Waals surface area contributed by atoms with Crippen molar-refractivity contribution in [2.75, 3.05) is 6.61 Å². The third-order valence-electron chi connectivity index (χ3n) is 1.87. The van der Waals surface area contributed by atoms with E-state index in [1.165, 1.54) is 0 Å². The molecular formula is C9H7Br2NO2S. The van der Waals surface area contributed by atoms with Crippen LogP contribution in [0, 0.1) is 0 Å². The number of fused-ring (bicyclic) bond motifs is 1. The van der Waals surface area contributed by atoms with E-state index in [1.807, 2.05) is 0 Å². The Morgan fingerprint density at radius 2 is 2.33 bits per heavy atom. The molecule has 6 heteroatoms. The highest BCUT2D eigenvalue weighted by atomic mass is 79.9. The monoisotopic (exact) mass is 351 g/mol. The van der Waals surface area contributed by atoms with Crippen LogP contribution in [0.25, 0.3) is 10.2 Å². The van der Waals surface area contributed by atoms with Crippen LogP contribution in [0.2, 0.25) is 0 Å². The van der Waals surface area contributed by atoms with Crippen LogP contribution in [-0.2, 0) is 4.74 Å². The van der Waals surface area contributed by atoms with E-state index in [2.05, 4.69) is 36.8 Å².